The Labute approximate surface area is 123 Å². The quantitative estimate of drug-likeness (QED) is 0.806. The number of aromatic nitrogens is 2. The van der Waals surface area contributed by atoms with Gasteiger partial charge >= 0.3 is 0 Å². The van der Waals surface area contributed by atoms with E-state index in [4.69, 9.17) is 10.5 Å². The summed E-state index contributed by atoms with van der Waals surface area (Å²) < 4.78 is 19.2. The normalized spacial score (nSPS) is 10.8. The van der Waals surface area contributed by atoms with E-state index in [1.807, 2.05) is 0 Å². The summed E-state index contributed by atoms with van der Waals surface area (Å²) in [6.45, 7) is 0. The number of fused-ring (bicyclic) bond motifs is 1. The fourth-order valence-electron chi connectivity index (χ4n) is 2.01. The van der Waals surface area contributed by atoms with Gasteiger partial charge < -0.3 is 10.5 Å². The largest absolute Gasteiger partial charge is 0.479 e. The summed E-state index contributed by atoms with van der Waals surface area (Å²) >= 11 is 1.13. The van der Waals surface area contributed by atoms with Crippen LogP contribution in [-0.4, -0.2) is 23.0 Å². The Hall–Kier alpha value is -2.54. The first-order valence-electron chi connectivity index (χ1n) is 5.99. The predicted octanol–water partition coefficient (Wildman–Crippen LogP) is 2.60. The number of halogens is 1. The number of ether oxygens (including phenoxy) is 1. The molecule has 0 saturated heterocycles. The standard InChI is InChI=1S/C14H10FN3O2S/c1-20-13-10-11(21-14(18-10)12(16)19)9(6-17-13)7-3-2-4-8(15)5-7/h2-6H,1H3,(H2,16,19). The van der Waals surface area contributed by atoms with Gasteiger partial charge in [-0.05, 0) is 17.7 Å². The molecule has 2 heterocycles. The summed E-state index contributed by atoms with van der Waals surface area (Å²) in [5, 5.41) is 0.161. The number of rotatable bonds is 3. The van der Waals surface area contributed by atoms with Crippen molar-refractivity contribution in [1.82, 2.24) is 9.97 Å². The van der Waals surface area contributed by atoms with Crippen LogP contribution in [-0.2, 0) is 0 Å². The number of pyridine rings is 1. The molecule has 21 heavy (non-hydrogen) atoms. The number of methoxy groups -OCH3 is 1. The molecule has 7 heteroatoms. The van der Waals surface area contributed by atoms with Crippen molar-refractivity contribution in [3.05, 3.63) is 41.3 Å². The Bertz CT molecular complexity index is 847. The van der Waals surface area contributed by atoms with Crippen LogP contribution in [0.1, 0.15) is 9.80 Å². The molecule has 0 saturated carbocycles. The van der Waals surface area contributed by atoms with E-state index in [1.165, 1.54) is 19.2 Å². The highest BCUT2D eigenvalue weighted by molar-refractivity contribution is 7.20. The average molecular weight is 303 g/mol. The van der Waals surface area contributed by atoms with Crippen molar-refractivity contribution in [2.24, 2.45) is 5.73 Å². The van der Waals surface area contributed by atoms with Gasteiger partial charge in [0.2, 0.25) is 5.88 Å². The molecule has 0 bridgehead atoms. The maximum Gasteiger partial charge on any atom is 0.277 e. The molecule has 0 unspecified atom stereocenters. The highest BCUT2D eigenvalue weighted by Gasteiger charge is 2.17. The molecular formula is C14H10FN3O2S. The molecule has 5 nitrogen and oxygen atoms in total. The van der Waals surface area contributed by atoms with Crippen molar-refractivity contribution in [1.29, 1.82) is 0 Å². The van der Waals surface area contributed by atoms with Crippen LogP contribution in [0.15, 0.2) is 30.5 Å². The lowest BCUT2D eigenvalue weighted by atomic mass is 10.1. The number of benzene rings is 1. The van der Waals surface area contributed by atoms with Gasteiger partial charge in [0, 0.05) is 11.8 Å². The number of amides is 1. The highest BCUT2D eigenvalue weighted by atomic mass is 32.1. The van der Waals surface area contributed by atoms with Gasteiger partial charge in [0.05, 0.1) is 11.8 Å². The van der Waals surface area contributed by atoms with Crippen LogP contribution in [0.5, 0.6) is 5.88 Å². The fraction of sp³-hybridized carbons (Fsp3) is 0.0714. The third-order valence-corrected chi connectivity index (χ3v) is 4.03. The van der Waals surface area contributed by atoms with Gasteiger partial charge in [0.1, 0.15) is 11.3 Å². The minimum atomic E-state index is -0.622. The van der Waals surface area contributed by atoms with Gasteiger partial charge in [-0.3, -0.25) is 4.79 Å². The van der Waals surface area contributed by atoms with Crippen molar-refractivity contribution in [3.63, 3.8) is 0 Å². The van der Waals surface area contributed by atoms with E-state index in [1.54, 1.807) is 18.3 Å². The van der Waals surface area contributed by atoms with Crippen LogP contribution in [0.25, 0.3) is 21.3 Å². The van der Waals surface area contributed by atoms with Gasteiger partial charge in [-0.15, -0.1) is 11.3 Å². The summed E-state index contributed by atoms with van der Waals surface area (Å²) in [5.41, 5.74) is 7.04. The third-order valence-electron chi connectivity index (χ3n) is 2.93. The Balaban J connectivity index is 2.31. The second kappa shape index (κ2) is 5.10. The first kappa shape index (κ1) is 13.4. The second-order valence-corrected chi connectivity index (χ2v) is 5.25. The molecule has 0 aliphatic carbocycles. The first-order valence-corrected chi connectivity index (χ1v) is 6.81. The fourth-order valence-corrected chi connectivity index (χ4v) is 2.95. The Morgan fingerprint density at radius 1 is 1.43 bits per heavy atom. The lowest BCUT2D eigenvalue weighted by Crippen LogP contribution is -2.09. The molecule has 1 aromatic carbocycles. The van der Waals surface area contributed by atoms with Crippen LogP contribution in [0.4, 0.5) is 4.39 Å². The van der Waals surface area contributed by atoms with Gasteiger partial charge in [-0.2, -0.15) is 0 Å². The van der Waals surface area contributed by atoms with E-state index < -0.39 is 5.91 Å². The zero-order chi connectivity index (χ0) is 15.0. The Morgan fingerprint density at radius 2 is 2.24 bits per heavy atom. The van der Waals surface area contributed by atoms with Gasteiger partial charge in [-0.25, -0.2) is 14.4 Å². The molecule has 0 fully saturated rings. The van der Waals surface area contributed by atoms with Gasteiger partial charge in [0.25, 0.3) is 5.91 Å². The second-order valence-electron chi connectivity index (χ2n) is 4.25. The summed E-state index contributed by atoms with van der Waals surface area (Å²) in [4.78, 5) is 19.6. The van der Waals surface area contributed by atoms with Crippen LogP contribution >= 0.6 is 11.3 Å². The molecule has 3 rings (SSSR count). The van der Waals surface area contributed by atoms with E-state index in [2.05, 4.69) is 9.97 Å². The minimum Gasteiger partial charge on any atom is -0.479 e. The number of hydrogen-bond donors (Lipinski definition) is 1. The smallest absolute Gasteiger partial charge is 0.277 e. The monoisotopic (exact) mass is 303 g/mol. The number of primary amides is 1. The van der Waals surface area contributed by atoms with Gasteiger partial charge in [-0.1, -0.05) is 12.1 Å². The lowest BCUT2D eigenvalue weighted by Gasteiger charge is -2.05. The van der Waals surface area contributed by atoms with E-state index in [-0.39, 0.29) is 10.8 Å². The zero-order valence-corrected chi connectivity index (χ0v) is 11.8. The summed E-state index contributed by atoms with van der Waals surface area (Å²) in [6.07, 6.45) is 1.57. The lowest BCUT2D eigenvalue weighted by molar-refractivity contribution is 0.1000. The average Bonchev–Trinajstić information content (AvgIpc) is 2.91. The van der Waals surface area contributed by atoms with Crippen molar-refractivity contribution < 1.29 is 13.9 Å². The molecule has 0 aliphatic rings. The summed E-state index contributed by atoms with van der Waals surface area (Å²) in [5.74, 6) is -0.673. The zero-order valence-electron chi connectivity index (χ0n) is 11.0. The molecule has 2 N–H and O–H groups in total. The van der Waals surface area contributed by atoms with E-state index in [0.29, 0.717) is 27.2 Å². The van der Waals surface area contributed by atoms with Crippen molar-refractivity contribution in [2.45, 2.75) is 0 Å². The molecule has 2 aromatic heterocycles. The van der Waals surface area contributed by atoms with Crippen LogP contribution in [0.3, 0.4) is 0 Å². The number of carbonyl (C=O) groups is 1. The summed E-state index contributed by atoms with van der Waals surface area (Å²) in [6, 6.07) is 6.12. The molecule has 106 valence electrons. The number of hydrogen-bond acceptors (Lipinski definition) is 5. The number of thiazole rings is 1. The van der Waals surface area contributed by atoms with E-state index in [9.17, 15) is 9.18 Å². The molecule has 0 aliphatic heterocycles. The topological polar surface area (TPSA) is 78.1 Å². The molecular weight excluding hydrogens is 293 g/mol. The SMILES string of the molecule is COc1ncc(-c2cccc(F)c2)c2sc(C(N)=O)nc12. The van der Waals surface area contributed by atoms with Crippen LogP contribution in [0, 0.1) is 5.82 Å². The molecule has 1 amide bonds. The first-order chi connectivity index (χ1) is 10.1. The molecule has 3 aromatic rings. The van der Waals surface area contributed by atoms with Crippen molar-refractivity contribution in [3.8, 4) is 17.0 Å². The predicted molar refractivity (Wildman–Crippen MR) is 77.9 cm³/mol. The van der Waals surface area contributed by atoms with Crippen LogP contribution < -0.4 is 10.5 Å². The van der Waals surface area contributed by atoms with Gasteiger partial charge in [0.15, 0.2) is 5.01 Å². The van der Waals surface area contributed by atoms with E-state index >= 15 is 0 Å². The molecule has 0 radical (unpaired) electrons. The number of carbonyl (C=O) groups excluding carboxylic acids is 1. The maximum atomic E-state index is 13.4. The molecule has 0 spiro atoms. The highest BCUT2D eigenvalue weighted by Crippen LogP contribution is 2.36. The minimum absolute atomic E-state index is 0.161. The number of nitrogens with zero attached hydrogens (tertiary/aromatic N) is 2. The third kappa shape index (κ3) is 2.31. The Kier molecular flexibility index (Phi) is 3.26. The maximum absolute atomic E-state index is 13.4. The van der Waals surface area contributed by atoms with Crippen LogP contribution in [0.2, 0.25) is 0 Å². The van der Waals surface area contributed by atoms with Crippen molar-refractivity contribution in [2.75, 3.05) is 7.11 Å². The number of nitrogens with two attached hydrogens (primary N) is 1. The van der Waals surface area contributed by atoms with Crippen molar-refractivity contribution >= 4 is 27.5 Å². The van der Waals surface area contributed by atoms with E-state index in [0.717, 1.165) is 11.3 Å². The Morgan fingerprint density at radius 3 is 2.90 bits per heavy atom. The molecule has 0 atom stereocenters. The summed E-state index contributed by atoms with van der Waals surface area (Å²) in [7, 11) is 1.47.